The third-order valence-corrected chi connectivity index (χ3v) is 7.20. The van der Waals surface area contributed by atoms with Gasteiger partial charge < -0.3 is 10.4 Å². The number of nitrogens with one attached hydrogen (secondary N) is 1. The third kappa shape index (κ3) is 4.30. The van der Waals surface area contributed by atoms with Crippen LogP contribution in [0.15, 0.2) is 16.3 Å². The fourth-order valence-corrected chi connectivity index (χ4v) is 5.68. The normalized spacial score (nSPS) is 19.4. The molecule has 1 amide bonds. The quantitative estimate of drug-likeness (QED) is 0.789. The molecule has 1 atom stereocenters. The molecule has 1 aromatic heterocycles. The van der Waals surface area contributed by atoms with Gasteiger partial charge in [0.25, 0.3) is 10.0 Å². The molecule has 0 bridgehead atoms. The summed E-state index contributed by atoms with van der Waals surface area (Å²) in [4.78, 5) is 23.0. The number of aliphatic carboxylic acids is 1. The first kappa shape index (κ1) is 17.9. The lowest BCUT2D eigenvalue weighted by molar-refractivity contribution is -0.142. The van der Waals surface area contributed by atoms with Crippen molar-refractivity contribution in [2.45, 2.75) is 42.9 Å². The number of piperidine rings is 1. The second kappa shape index (κ2) is 7.41. The molecule has 1 aliphatic rings. The Labute approximate surface area is 139 Å². The molecule has 1 aliphatic heterocycles. The number of carboxylic acid groups (broad SMARTS) is 1. The molecule has 2 heterocycles. The van der Waals surface area contributed by atoms with Crippen LogP contribution >= 0.6 is 11.3 Å². The van der Waals surface area contributed by atoms with Crippen molar-refractivity contribution in [2.75, 3.05) is 13.1 Å². The summed E-state index contributed by atoms with van der Waals surface area (Å²) in [5, 5.41) is 11.9. The van der Waals surface area contributed by atoms with Crippen LogP contribution in [0.4, 0.5) is 0 Å². The van der Waals surface area contributed by atoms with Gasteiger partial charge in [0.05, 0.1) is 0 Å². The number of hydrogen-bond donors (Lipinski definition) is 2. The number of sulfonamides is 1. The minimum absolute atomic E-state index is 0.132. The summed E-state index contributed by atoms with van der Waals surface area (Å²) >= 11 is 1.13. The molecular formula is C14H20N2O5S2. The lowest BCUT2D eigenvalue weighted by atomic mass is 10.1. The van der Waals surface area contributed by atoms with Gasteiger partial charge in [-0.2, -0.15) is 4.31 Å². The summed E-state index contributed by atoms with van der Waals surface area (Å²) in [5.74, 6) is -1.23. The van der Waals surface area contributed by atoms with Crippen molar-refractivity contribution < 1.29 is 23.1 Å². The first-order chi connectivity index (χ1) is 10.8. The number of hydrogen-bond acceptors (Lipinski definition) is 5. The number of carboxylic acids is 1. The molecule has 7 nitrogen and oxygen atoms in total. The van der Waals surface area contributed by atoms with Crippen molar-refractivity contribution in [3.05, 3.63) is 17.0 Å². The smallest absolute Gasteiger partial charge is 0.322 e. The van der Waals surface area contributed by atoms with Gasteiger partial charge in [-0.1, -0.05) is 0 Å². The number of carbonyl (C=O) groups is 2. The highest BCUT2D eigenvalue weighted by molar-refractivity contribution is 7.91. The van der Waals surface area contributed by atoms with Crippen LogP contribution in [0.2, 0.25) is 0 Å². The predicted molar refractivity (Wildman–Crippen MR) is 85.9 cm³/mol. The Bertz CT molecular complexity index is 683. The molecular weight excluding hydrogens is 340 g/mol. The maximum Gasteiger partial charge on any atom is 0.322 e. The minimum atomic E-state index is -3.79. The Morgan fingerprint density at radius 2 is 2.13 bits per heavy atom. The summed E-state index contributed by atoms with van der Waals surface area (Å²) in [6.07, 6.45) is 2.27. The van der Waals surface area contributed by atoms with Crippen molar-refractivity contribution in [1.29, 1.82) is 0 Å². The van der Waals surface area contributed by atoms with Crippen LogP contribution in [0.3, 0.4) is 0 Å². The first-order valence-electron chi connectivity index (χ1n) is 7.40. The molecule has 0 saturated carbocycles. The van der Waals surface area contributed by atoms with E-state index < -0.39 is 22.0 Å². The Morgan fingerprint density at radius 1 is 1.39 bits per heavy atom. The molecule has 1 fully saturated rings. The monoisotopic (exact) mass is 360 g/mol. The van der Waals surface area contributed by atoms with Gasteiger partial charge >= 0.3 is 5.97 Å². The van der Waals surface area contributed by atoms with Crippen molar-refractivity contribution >= 4 is 33.2 Å². The Balaban J connectivity index is 2.14. The van der Waals surface area contributed by atoms with E-state index in [4.69, 9.17) is 0 Å². The molecule has 23 heavy (non-hydrogen) atoms. The van der Waals surface area contributed by atoms with Gasteiger partial charge in [-0.3, -0.25) is 9.59 Å². The van der Waals surface area contributed by atoms with Gasteiger partial charge in [0.1, 0.15) is 10.3 Å². The third-order valence-electron chi connectivity index (χ3n) is 3.68. The maximum absolute atomic E-state index is 12.7. The van der Waals surface area contributed by atoms with E-state index in [0.717, 1.165) is 26.9 Å². The highest BCUT2D eigenvalue weighted by Gasteiger charge is 2.38. The summed E-state index contributed by atoms with van der Waals surface area (Å²) in [5.41, 5.74) is 0. The second-order valence-electron chi connectivity index (χ2n) is 5.42. The fourth-order valence-electron chi connectivity index (χ4n) is 2.55. The Hall–Kier alpha value is -1.45. The molecule has 128 valence electrons. The molecule has 0 spiro atoms. The van der Waals surface area contributed by atoms with Gasteiger partial charge in [0.15, 0.2) is 0 Å². The van der Waals surface area contributed by atoms with E-state index >= 15 is 0 Å². The summed E-state index contributed by atoms with van der Waals surface area (Å²) < 4.78 is 26.7. The van der Waals surface area contributed by atoms with Crippen molar-refractivity contribution in [3.63, 3.8) is 0 Å². The zero-order chi connectivity index (χ0) is 17.0. The van der Waals surface area contributed by atoms with Gasteiger partial charge in [-0.15, -0.1) is 11.3 Å². The zero-order valence-corrected chi connectivity index (χ0v) is 14.5. The highest BCUT2D eigenvalue weighted by Crippen LogP contribution is 2.30. The molecule has 1 aromatic rings. The van der Waals surface area contributed by atoms with Crippen LogP contribution < -0.4 is 5.32 Å². The van der Waals surface area contributed by atoms with Gasteiger partial charge in [0.2, 0.25) is 5.91 Å². The van der Waals surface area contributed by atoms with E-state index in [-0.39, 0.29) is 16.7 Å². The number of rotatable bonds is 6. The molecule has 0 aromatic carbocycles. The lowest BCUT2D eigenvalue weighted by Crippen LogP contribution is -2.47. The lowest BCUT2D eigenvalue weighted by Gasteiger charge is -2.31. The standard InChI is InChI=1S/C14H20N2O5S2/c1-10(17)15-8-7-11-5-6-13(22-11)23(20,21)16-9-3-2-4-12(16)14(18)19/h5-6,12H,2-4,7-9H2,1H3,(H,15,17)(H,18,19). The molecule has 2 N–H and O–H groups in total. The van der Waals surface area contributed by atoms with Gasteiger partial charge in [0, 0.05) is 24.9 Å². The van der Waals surface area contributed by atoms with E-state index in [9.17, 15) is 23.1 Å². The van der Waals surface area contributed by atoms with Crippen molar-refractivity contribution in [1.82, 2.24) is 9.62 Å². The predicted octanol–water partition coefficient (Wildman–Crippen LogP) is 1.05. The van der Waals surface area contributed by atoms with E-state index in [1.54, 1.807) is 6.07 Å². The topological polar surface area (TPSA) is 104 Å². The number of carbonyl (C=O) groups excluding carboxylic acids is 1. The average molecular weight is 360 g/mol. The largest absolute Gasteiger partial charge is 0.480 e. The Kier molecular flexibility index (Phi) is 5.77. The summed E-state index contributed by atoms with van der Waals surface area (Å²) in [6.45, 7) is 2.10. The number of thiophene rings is 1. The molecule has 1 saturated heterocycles. The fraction of sp³-hybridized carbons (Fsp3) is 0.571. The van der Waals surface area contributed by atoms with Crippen LogP contribution in [0.5, 0.6) is 0 Å². The average Bonchev–Trinajstić information content (AvgIpc) is 2.96. The van der Waals surface area contributed by atoms with Crippen LogP contribution in [0.25, 0.3) is 0 Å². The molecule has 0 radical (unpaired) electrons. The van der Waals surface area contributed by atoms with Gasteiger partial charge in [-0.25, -0.2) is 8.42 Å². The SMILES string of the molecule is CC(=O)NCCc1ccc(S(=O)(=O)N2CCCCC2C(=O)O)s1. The van der Waals surface area contributed by atoms with Crippen LogP contribution in [0, 0.1) is 0 Å². The second-order valence-corrected chi connectivity index (χ2v) is 8.71. The Morgan fingerprint density at radius 3 is 2.78 bits per heavy atom. The maximum atomic E-state index is 12.7. The molecule has 9 heteroatoms. The van der Waals surface area contributed by atoms with Crippen molar-refractivity contribution in [2.24, 2.45) is 0 Å². The zero-order valence-electron chi connectivity index (χ0n) is 12.8. The van der Waals surface area contributed by atoms with Crippen LogP contribution in [-0.2, 0) is 26.0 Å². The molecule has 1 unspecified atom stereocenters. The van der Waals surface area contributed by atoms with Crippen LogP contribution in [0.1, 0.15) is 31.1 Å². The summed E-state index contributed by atoms with van der Waals surface area (Å²) in [6, 6.07) is 2.23. The number of amides is 1. The molecule has 2 rings (SSSR count). The van der Waals surface area contributed by atoms with Crippen molar-refractivity contribution in [3.8, 4) is 0 Å². The first-order valence-corrected chi connectivity index (χ1v) is 9.66. The minimum Gasteiger partial charge on any atom is -0.480 e. The van der Waals surface area contributed by atoms with Crippen LogP contribution in [-0.4, -0.2) is 48.8 Å². The van der Waals surface area contributed by atoms with Gasteiger partial charge in [-0.05, 0) is 37.8 Å². The summed E-state index contributed by atoms with van der Waals surface area (Å²) in [7, 11) is -3.79. The molecule has 0 aliphatic carbocycles. The van der Waals surface area contributed by atoms with E-state index in [1.807, 2.05) is 0 Å². The van der Waals surface area contributed by atoms with E-state index in [2.05, 4.69) is 5.32 Å². The number of nitrogens with zero attached hydrogens (tertiary/aromatic N) is 1. The highest BCUT2D eigenvalue weighted by atomic mass is 32.2. The van der Waals surface area contributed by atoms with E-state index in [0.29, 0.717) is 25.8 Å². The van der Waals surface area contributed by atoms with E-state index in [1.165, 1.54) is 13.0 Å².